The van der Waals surface area contributed by atoms with E-state index >= 15 is 0 Å². The van der Waals surface area contributed by atoms with Crippen molar-refractivity contribution in [3.63, 3.8) is 0 Å². The van der Waals surface area contributed by atoms with E-state index in [1.165, 1.54) is 36.4 Å². The summed E-state index contributed by atoms with van der Waals surface area (Å²) in [5.41, 5.74) is 2.49. The molecule has 2 N–H and O–H groups in total. The standard InChI is InChI=1S/C38H26N2O6/c1-3-22-8-12-26-28(18-22)36(45)39(34(26)43)30-20-24(10-14-32(30)41)38(16-6-5-7-17-38)25-11-15-33(42)31(21-25)40-35(44)27-13-9-23(4-2)19-29(27)37(40)46/h1-2,8-15,18-21,41-42H,5-7,16-17H2. The Bertz CT molecular complexity index is 1980. The molecule has 7 rings (SSSR count). The van der Waals surface area contributed by atoms with Crippen molar-refractivity contribution < 1.29 is 29.4 Å². The lowest BCUT2D eigenvalue weighted by Crippen LogP contribution is -2.33. The van der Waals surface area contributed by atoms with E-state index in [-0.39, 0.29) is 45.1 Å². The molecule has 1 fully saturated rings. The van der Waals surface area contributed by atoms with Gasteiger partial charge in [0.15, 0.2) is 0 Å². The lowest BCUT2D eigenvalue weighted by molar-refractivity contribution is 0.0909. The number of amides is 4. The minimum atomic E-state index is -0.687. The van der Waals surface area contributed by atoms with Gasteiger partial charge in [-0.15, -0.1) is 12.8 Å². The van der Waals surface area contributed by atoms with Crippen LogP contribution < -0.4 is 9.80 Å². The second kappa shape index (κ2) is 10.5. The minimum absolute atomic E-state index is 0.0413. The predicted octanol–water partition coefficient (Wildman–Crippen LogP) is 5.91. The van der Waals surface area contributed by atoms with Crippen LogP contribution >= 0.6 is 0 Å². The van der Waals surface area contributed by atoms with Crippen molar-refractivity contribution in [3.05, 3.63) is 117 Å². The first-order chi connectivity index (χ1) is 22.2. The molecule has 8 heteroatoms. The van der Waals surface area contributed by atoms with Crippen LogP contribution in [0.1, 0.15) is 95.8 Å². The van der Waals surface area contributed by atoms with Crippen LogP contribution in [-0.2, 0) is 5.41 Å². The molecule has 4 amide bonds. The number of anilines is 2. The van der Waals surface area contributed by atoms with Crippen molar-refractivity contribution in [1.29, 1.82) is 0 Å². The summed E-state index contributed by atoms with van der Waals surface area (Å²) < 4.78 is 0. The van der Waals surface area contributed by atoms with Crippen LogP contribution in [0, 0.1) is 24.7 Å². The predicted molar refractivity (Wildman–Crippen MR) is 171 cm³/mol. The van der Waals surface area contributed by atoms with Gasteiger partial charge in [-0.2, -0.15) is 0 Å². The summed E-state index contributed by atoms with van der Waals surface area (Å²) in [6, 6.07) is 18.9. The van der Waals surface area contributed by atoms with E-state index in [1.807, 2.05) is 0 Å². The lowest BCUT2D eigenvalue weighted by atomic mass is 9.65. The molecule has 0 bridgehead atoms. The Morgan fingerprint density at radius 1 is 0.543 bits per heavy atom. The molecule has 1 saturated carbocycles. The number of phenolic OH excluding ortho intramolecular Hbond substituents is 2. The number of hydrogen-bond acceptors (Lipinski definition) is 6. The highest BCUT2D eigenvalue weighted by atomic mass is 16.3. The average molecular weight is 607 g/mol. The zero-order chi connectivity index (χ0) is 32.3. The maximum atomic E-state index is 13.5. The number of benzene rings is 4. The number of aromatic hydroxyl groups is 2. The number of rotatable bonds is 4. The number of imide groups is 2. The second-order valence-corrected chi connectivity index (χ2v) is 11.8. The van der Waals surface area contributed by atoms with Crippen LogP contribution in [0.4, 0.5) is 11.4 Å². The normalized spacial score (nSPS) is 16.7. The SMILES string of the molecule is C#Cc1ccc2c(c1)C(=O)N(c1cc(C3(c4ccc(O)c(N5C(=O)c6ccc(C#C)cc6C5=O)c4)CCCCC3)ccc1O)C2=O. The van der Waals surface area contributed by atoms with E-state index in [4.69, 9.17) is 12.8 Å². The van der Waals surface area contributed by atoms with Gasteiger partial charge in [0.1, 0.15) is 11.5 Å². The molecule has 3 aliphatic rings. The highest BCUT2D eigenvalue weighted by molar-refractivity contribution is 6.35. The largest absolute Gasteiger partial charge is 0.506 e. The van der Waals surface area contributed by atoms with Crippen molar-refractivity contribution in [1.82, 2.24) is 0 Å². The maximum Gasteiger partial charge on any atom is 0.266 e. The molecule has 2 heterocycles. The number of carbonyl (C=O) groups is 4. The van der Waals surface area contributed by atoms with Crippen LogP contribution in [0.5, 0.6) is 11.5 Å². The molecular formula is C38H26N2O6. The average Bonchev–Trinajstić information content (AvgIpc) is 3.48. The monoisotopic (exact) mass is 606 g/mol. The molecule has 0 saturated heterocycles. The fraction of sp³-hybridized carbons (Fsp3) is 0.158. The minimum Gasteiger partial charge on any atom is -0.506 e. The fourth-order valence-electron chi connectivity index (χ4n) is 7.00. The molecule has 0 aromatic heterocycles. The zero-order valence-electron chi connectivity index (χ0n) is 24.5. The number of nitrogens with zero attached hydrogens (tertiary/aromatic N) is 2. The number of hydrogen-bond donors (Lipinski definition) is 2. The highest BCUT2D eigenvalue weighted by Crippen LogP contribution is 2.49. The van der Waals surface area contributed by atoms with Crippen molar-refractivity contribution in [2.24, 2.45) is 0 Å². The van der Waals surface area contributed by atoms with Crippen molar-refractivity contribution in [3.8, 4) is 36.2 Å². The van der Waals surface area contributed by atoms with Gasteiger partial charge in [0.2, 0.25) is 0 Å². The Labute approximate surface area is 264 Å². The van der Waals surface area contributed by atoms with Gasteiger partial charge in [-0.05, 0) is 84.6 Å². The Morgan fingerprint density at radius 3 is 1.37 bits per heavy atom. The molecule has 1 aliphatic carbocycles. The summed E-state index contributed by atoms with van der Waals surface area (Å²) in [4.78, 5) is 55.9. The third-order valence-corrected chi connectivity index (χ3v) is 9.35. The van der Waals surface area contributed by atoms with Gasteiger partial charge in [0.05, 0.1) is 33.6 Å². The van der Waals surface area contributed by atoms with Gasteiger partial charge in [0.25, 0.3) is 23.6 Å². The molecule has 46 heavy (non-hydrogen) atoms. The van der Waals surface area contributed by atoms with E-state index in [0.717, 1.165) is 40.2 Å². The van der Waals surface area contributed by atoms with E-state index in [0.29, 0.717) is 24.0 Å². The fourth-order valence-corrected chi connectivity index (χ4v) is 7.00. The van der Waals surface area contributed by atoms with Crippen LogP contribution in [0.15, 0.2) is 72.8 Å². The van der Waals surface area contributed by atoms with Gasteiger partial charge >= 0.3 is 0 Å². The first-order valence-electron chi connectivity index (χ1n) is 14.8. The quantitative estimate of drug-likeness (QED) is 0.221. The molecule has 224 valence electrons. The summed E-state index contributed by atoms with van der Waals surface area (Å²) in [7, 11) is 0. The number of carbonyl (C=O) groups excluding carboxylic acids is 4. The Hall–Kier alpha value is -6.12. The van der Waals surface area contributed by atoms with Crippen LogP contribution in [0.3, 0.4) is 0 Å². The zero-order valence-corrected chi connectivity index (χ0v) is 24.5. The molecule has 0 atom stereocenters. The van der Waals surface area contributed by atoms with E-state index in [2.05, 4.69) is 11.8 Å². The third-order valence-electron chi connectivity index (χ3n) is 9.35. The Morgan fingerprint density at radius 2 is 0.957 bits per heavy atom. The summed E-state index contributed by atoms with van der Waals surface area (Å²) in [5.74, 6) is 2.14. The van der Waals surface area contributed by atoms with Crippen molar-refractivity contribution in [2.45, 2.75) is 37.5 Å². The Balaban J connectivity index is 1.33. The van der Waals surface area contributed by atoms with Crippen LogP contribution in [0.2, 0.25) is 0 Å². The third kappa shape index (κ3) is 4.12. The van der Waals surface area contributed by atoms with Crippen molar-refractivity contribution in [2.75, 3.05) is 9.80 Å². The maximum absolute atomic E-state index is 13.5. The molecule has 0 radical (unpaired) electrons. The molecule has 0 unspecified atom stereocenters. The summed E-state index contributed by atoms with van der Waals surface area (Å²) in [6.07, 6.45) is 15.1. The van der Waals surface area contributed by atoms with Crippen molar-refractivity contribution >= 4 is 35.0 Å². The van der Waals surface area contributed by atoms with E-state index in [1.54, 1.807) is 36.4 Å². The van der Waals surface area contributed by atoms with Gasteiger partial charge in [0, 0.05) is 16.5 Å². The topological polar surface area (TPSA) is 115 Å². The Kier molecular flexibility index (Phi) is 6.54. The van der Waals surface area contributed by atoms with Gasteiger partial charge in [-0.1, -0.05) is 43.2 Å². The second-order valence-electron chi connectivity index (χ2n) is 11.8. The van der Waals surface area contributed by atoms with Crippen LogP contribution in [0.25, 0.3) is 0 Å². The van der Waals surface area contributed by atoms with Gasteiger partial charge in [-0.3, -0.25) is 19.2 Å². The van der Waals surface area contributed by atoms with E-state index < -0.39 is 29.0 Å². The molecule has 4 aromatic rings. The highest BCUT2D eigenvalue weighted by Gasteiger charge is 2.43. The molecule has 2 aliphatic heterocycles. The summed E-state index contributed by atoms with van der Waals surface area (Å²) in [6.45, 7) is 0. The molecular weight excluding hydrogens is 580 g/mol. The lowest BCUT2D eigenvalue weighted by Gasteiger charge is -2.39. The first kappa shape index (κ1) is 28.6. The van der Waals surface area contributed by atoms with Gasteiger partial charge in [-0.25, -0.2) is 9.80 Å². The van der Waals surface area contributed by atoms with E-state index in [9.17, 15) is 29.4 Å². The molecule has 4 aromatic carbocycles. The number of phenols is 2. The number of terminal acetylenes is 2. The van der Waals surface area contributed by atoms with Crippen LogP contribution in [-0.4, -0.2) is 33.8 Å². The number of fused-ring (bicyclic) bond motifs is 2. The van der Waals surface area contributed by atoms with Gasteiger partial charge < -0.3 is 10.2 Å². The molecule has 8 nitrogen and oxygen atoms in total. The summed E-state index contributed by atoms with van der Waals surface area (Å²) >= 11 is 0. The molecule has 0 spiro atoms. The first-order valence-corrected chi connectivity index (χ1v) is 14.8. The summed E-state index contributed by atoms with van der Waals surface area (Å²) in [5, 5.41) is 21.9. The smallest absolute Gasteiger partial charge is 0.266 e.